The smallest absolute Gasteiger partial charge is 0.270 e. The van der Waals surface area contributed by atoms with Crippen LogP contribution in [-0.4, -0.2) is 17.3 Å². The van der Waals surface area contributed by atoms with Crippen molar-refractivity contribution in [1.29, 1.82) is 0 Å². The Morgan fingerprint density at radius 2 is 1.87 bits per heavy atom. The van der Waals surface area contributed by atoms with E-state index in [0.717, 1.165) is 21.5 Å². The van der Waals surface area contributed by atoms with E-state index >= 15 is 0 Å². The van der Waals surface area contributed by atoms with E-state index in [1.165, 1.54) is 11.8 Å². The number of halogens is 1. The molecule has 2 aromatic rings. The molecule has 0 atom stereocenters. The summed E-state index contributed by atoms with van der Waals surface area (Å²) in [4.78, 5) is 14.8. The molecule has 2 aromatic carbocycles. The summed E-state index contributed by atoms with van der Waals surface area (Å²) in [6, 6.07) is 15.0. The Labute approximate surface area is 152 Å². The van der Waals surface area contributed by atoms with Crippen molar-refractivity contribution in [1.82, 2.24) is 0 Å². The van der Waals surface area contributed by atoms with Gasteiger partial charge in [-0.1, -0.05) is 58.1 Å². The summed E-state index contributed by atoms with van der Waals surface area (Å²) in [7, 11) is 1.61. The minimum atomic E-state index is -0.110. The molecule has 0 radical (unpaired) electrons. The van der Waals surface area contributed by atoms with E-state index in [4.69, 9.17) is 17.0 Å². The molecule has 1 fully saturated rings. The van der Waals surface area contributed by atoms with Crippen LogP contribution in [0.1, 0.15) is 5.56 Å². The van der Waals surface area contributed by atoms with Crippen molar-refractivity contribution in [3.05, 3.63) is 63.5 Å². The van der Waals surface area contributed by atoms with Gasteiger partial charge >= 0.3 is 0 Å². The van der Waals surface area contributed by atoms with Crippen molar-refractivity contribution in [3.63, 3.8) is 0 Å². The third kappa shape index (κ3) is 3.34. The van der Waals surface area contributed by atoms with Gasteiger partial charge in [0, 0.05) is 4.47 Å². The Morgan fingerprint density at radius 1 is 1.17 bits per heavy atom. The molecule has 1 aliphatic heterocycles. The highest BCUT2D eigenvalue weighted by molar-refractivity contribution is 9.10. The van der Waals surface area contributed by atoms with Crippen molar-refractivity contribution in [2.45, 2.75) is 0 Å². The zero-order chi connectivity index (χ0) is 16.4. The summed E-state index contributed by atoms with van der Waals surface area (Å²) in [5, 5.41) is 0. The van der Waals surface area contributed by atoms with Crippen LogP contribution >= 0.6 is 39.9 Å². The number of thiocarbonyl (C=S) groups is 1. The maximum atomic E-state index is 12.7. The molecule has 1 heterocycles. The van der Waals surface area contributed by atoms with Gasteiger partial charge in [-0.3, -0.25) is 9.69 Å². The van der Waals surface area contributed by atoms with E-state index in [-0.39, 0.29) is 5.91 Å². The van der Waals surface area contributed by atoms with Crippen LogP contribution in [-0.2, 0) is 4.79 Å². The predicted molar refractivity (Wildman–Crippen MR) is 103 cm³/mol. The average Bonchev–Trinajstić information content (AvgIpc) is 2.84. The summed E-state index contributed by atoms with van der Waals surface area (Å²) in [5.41, 5.74) is 1.69. The molecule has 0 N–H and O–H groups in total. The van der Waals surface area contributed by atoms with Gasteiger partial charge < -0.3 is 4.74 Å². The monoisotopic (exact) mass is 405 g/mol. The number of carbonyl (C=O) groups is 1. The zero-order valence-electron chi connectivity index (χ0n) is 12.2. The molecule has 3 rings (SSSR count). The van der Waals surface area contributed by atoms with E-state index in [1.54, 1.807) is 12.0 Å². The van der Waals surface area contributed by atoms with Gasteiger partial charge in [-0.15, -0.1) is 0 Å². The summed E-state index contributed by atoms with van der Waals surface area (Å²) in [6.07, 6.45) is 1.85. The second kappa shape index (κ2) is 6.86. The van der Waals surface area contributed by atoms with Crippen molar-refractivity contribution in [2.75, 3.05) is 12.0 Å². The summed E-state index contributed by atoms with van der Waals surface area (Å²) >= 11 is 10.2. The number of rotatable bonds is 3. The molecule has 116 valence electrons. The Hall–Kier alpha value is -1.63. The Morgan fingerprint density at radius 3 is 2.52 bits per heavy atom. The number of anilines is 1. The first-order valence-corrected chi connectivity index (χ1v) is 8.78. The number of methoxy groups -OCH3 is 1. The number of thioether (sulfide) groups is 1. The van der Waals surface area contributed by atoms with Crippen LogP contribution in [0, 0.1) is 0 Å². The largest absolute Gasteiger partial charge is 0.497 e. The minimum absolute atomic E-state index is 0.110. The van der Waals surface area contributed by atoms with Gasteiger partial charge in [0.05, 0.1) is 17.7 Å². The molecule has 0 aromatic heterocycles. The normalized spacial score (nSPS) is 16.3. The van der Waals surface area contributed by atoms with Crippen LogP contribution < -0.4 is 9.64 Å². The first-order chi connectivity index (χ1) is 11.1. The van der Waals surface area contributed by atoms with Gasteiger partial charge in [0.1, 0.15) is 5.75 Å². The number of hydrogen-bond acceptors (Lipinski definition) is 4. The fraction of sp³-hybridized carbons (Fsp3) is 0.0588. The average molecular weight is 406 g/mol. The molecule has 6 heteroatoms. The van der Waals surface area contributed by atoms with E-state index in [9.17, 15) is 4.79 Å². The lowest BCUT2D eigenvalue weighted by atomic mass is 10.2. The SMILES string of the molecule is COc1ccc(N2C(=O)/C(=C\c3ccccc3Br)SC2=S)cc1. The molecule has 0 aliphatic carbocycles. The number of hydrogen-bond donors (Lipinski definition) is 0. The van der Waals surface area contributed by atoms with Crippen molar-refractivity contribution < 1.29 is 9.53 Å². The Balaban J connectivity index is 1.92. The van der Waals surface area contributed by atoms with Crippen LogP contribution in [0.2, 0.25) is 0 Å². The number of carbonyl (C=O) groups excluding carboxylic acids is 1. The van der Waals surface area contributed by atoms with E-state index in [2.05, 4.69) is 15.9 Å². The van der Waals surface area contributed by atoms with Gasteiger partial charge in [0.2, 0.25) is 0 Å². The Kier molecular flexibility index (Phi) is 4.84. The summed E-state index contributed by atoms with van der Waals surface area (Å²) < 4.78 is 6.61. The first-order valence-electron chi connectivity index (χ1n) is 6.76. The lowest BCUT2D eigenvalue weighted by molar-refractivity contribution is -0.113. The fourth-order valence-corrected chi connectivity index (χ4v) is 3.84. The third-order valence-corrected chi connectivity index (χ3v) is 5.34. The molecule has 1 aliphatic rings. The van der Waals surface area contributed by atoms with Crippen molar-refractivity contribution in [3.8, 4) is 5.75 Å². The second-order valence-electron chi connectivity index (χ2n) is 4.74. The molecule has 0 unspecified atom stereocenters. The van der Waals surface area contributed by atoms with Gasteiger partial charge in [-0.2, -0.15) is 0 Å². The van der Waals surface area contributed by atoms with Gasteiger partial charge in [0.25, 0.3) is 5.91 Å². The molecular formula is C17H12BrNO2S2. The highest BCUT2D eigenvalue weighted by Gasteiger charge is 2.33. The zero-order valence-corrected chi connectivity index (χ0v) is 15.4. The van der Waals surface area contributed by atoms with Crippen LogP contribution in [0.5, 0.6) is 5.75 Å². The standard InChI is InChI=1S/C17H12BrNO2S2/c1-21-13-8-6-12(7-9-13)19-16(20)15(23-17(19)22)10-11-4-2-3-5-14(11)18/h2-10H,1H3/b15-10+. The molecule has 3 nitrogen and oxygen atoms in total. The van der Waals surface area contributed by atoms with Crippen LogP contribution in [0.3, 0.4) is 0 Å². The van der Waals surface area contributed by atoms with Crippen LogP contribution in [0.15, 0.2) is 57.9 Å². The molecule has 0 bridgehead atoms. The second-order valence-corrected chi connectivity index (χ2v) is 7.27. The highest BCUT2D eigenvalue weighted by Crippen LogP contribution is 2.37. The van der Waals surface area contributed by atoms with Gasteiger partial charge in [0.15, 0.2) is 4.32 Å². The number of nitrogens with zero attached hydrogens (tertiary/aromatic N) is 1. The molecule has 0 spiro atoms. The minimum Gasteiger partial charge on any atom is -0.497 e. The van der Waals surface area contributed by atoms with E-state index in [1.807, 2.05) is 54.6 Å². The highest BCUT2D eigenvalue weighted by atomic mass is 79.9. The van der Waals surface area contributed by atoms with Crippen molar-refractivity contribution >= 4 is 61.9 Å². The Bertz CT molecular complexity index is 802. The number of benzene rings is 2. The fourth-order valence-electron chi connectivity index (χ4n) is 2.16. The van der Waals surface area contributed by atoms with Gasteiger partial charge in [-0.25, -0.2) is 0 Å². The molecule has 1 amide bonds. The topological polar surface area (TPSA) is 29.5 Å². The van der Waals surface area contributed by atoms with Crippen LogP contribution in [0.25, 0.3) is 6.08 Å². The maximum Gasteiger partial charge on any atom is 0.270 e. The molecule has 0 saturated carbocycles. The predicted octanol–water partition coefficient (Wildman–Crippen LogP) is 4.86. The number of ether oxygens (including phenoxy) is 1. The maximum absolute atomic E-state index is 12.7. The van der Waals surface area contributed by atoms with Crippen molar-refractivity contribution in [2.24, 2.45) is 0 Å². The summed E-state index contributed by atoms with van der Waals surface area (Å²) in [6.45, 7) is 0. The quantitative estimate of drug-likeness (QED) is 0.538. The number of amides is 1. The molecular weight excluding hydrogens is 394 g/mol. The van der Waals surface area contributed by atoms with E-state index in [0.29, 0.717) is 9.23 Å². The van der Waals surface area contributed by atoms with Crippen LogP contribution in [0.4, 0.5) is 5.69 Å². The lowest BCUT2D eigenvalue weighted by Crippen LogP contribution is -2.27. The lowest BCUT2D eigenvalue weighted by Gasteiger charge is -2.14. The van der Waals surface area contributed by atoms with E-state index < -0.39 is 0 Å². The third-order valence-electron chi connectivity index (χ3n) is 3.32. The summed E-state index contributed by atoms with van der Waals surface area (Å²) in [5.74, 6) is 0.629. The molecule has 1 saturated heterocycles. The first kappa shape index (κ1) is 16.2. The molecule has 23 heavy (non-hydrogen) atoms. The van der Waals surface area contributed by atoms with Gasteiger partial charge in [-0.05, 0) is 42.0 Å².